The molecule has 1 N–H and O–H groups in total. The molecule has 1 amide bonds. The predicted octanol–water partition coefficient (Wildman–Crippen LogP) is 4.11. The number of carbonyl (C=O) groups excluding carboxylic acids is 1. The van der Waals surface area contributed by atoms with Gasteiger partial charge in [-0.3, -0.25) is 9.59 Å². The molecule has 0 spiro atoms. The molecule has 33 heavy (non-hydrogen) atoms. The van der Waals surface area contributed by atoms with Crippen molar-refractivity contribution in [3.05, 3.63) is 94.9 Å². The number of ether oxygens (including phenoxy) is 1. The van der Waals surface area contributed by atoms with E-state index in [0.717, 1.165) is 24.3 Å². The molecule has 1 aliphatic rings. The Balaban J connectivity index is 1.21. The molecule has 8 nitrogen and oxygen atoms in total. The van der Waals surface area contributed by atoms with Crippen LogP contribution in [0.2, 0.25) is 0 Å². The van der Waals surface area contributed by atoms with Crippen LogP contribution in [-0.2, 0) is 6.54 Å². The van der Waals surface area contributed by atoms with Gasteiger partial charge >= 0.3 is 0 Å². The maximum absolute atomic E-state index is 12.7. The van der Waals surface area contributed by atoms with Crippen LogP contribution in [0.15, 0.2) is 82.1 Å². The molecule has 166 valence electrons. The van der Waals surface area contributed by atoms with Crippen molar-refractivity contribution in [2.75, 3.05) is 11.9 Å². The molecule has 2 aromatic carbocycles. The fourth-order valence-electron chi connectivity index (χ4n) is 3.35. The summed E-state index contributed by atoms with van der Waals surface area (Å²) in [4.78, 5) is 29.1. The lowest BCUT2D eigenvalue weighted by atomic mass is 10.1. The standard InChI is InChI=1S/C25H22N4O4/c30-23-13-12-21(28-29(23)14-15-32-20-4-2-1-3-5-20)24(31)27-19-10-8-17(9-11-19)22-16-26-25(33-22)18-6-7-18/h1-5,8-13,16,18H,6-7,14-15H2,(H,27,31). The van der Waals surface area contributed by atoms with Crippen LogP contribution in [-0.4, -0.2) is 27.3 Å². The summed E-state index contributed by atoms with van der Waals surface area (Å²) in [5.41, 5.74) is 1.34. The van der Waals surface area contributed by atoms with E-state index in [1.54, 1.807) is 18.3 Å². The molecule has 0 radical (unpaired) electrons. The number of carbonyl (C=O) groups is 1. The van der Waals surface area contributed by atoms with Crippen molar-refractivity contribution in [2.45, 2.75) is 25.3 Å². The lowest BCUT2D eigenvalue weighted by molar-refractivity contribution is 0.101. The lowest BCUT2D eigenvalue weighted by Crippen LogP contribution is -2.28. The average Bonchev–Trinajstić information content (AvgIpc) is 3.58. The van der Waals surface area contributed by atoms with Gasteiger partial charge in [0.1, 0.15) is 18.1 Å². The lowest BCUT2D eigenvalue weighted by Gasteiger charge is -2.09. The monoisotopic (exact) mass is 442 g/mol. The van der Waals surface area contributed by atoms with Crippen molar-refractivity contribution in [1.29, 1.82) is 0 Å². The summed E-state index contributed by atoms with van der Waals surface area (Å²) in [6.45, 7) is 0.483. The van der Waals surface area contributed by atoms with Gasteiger partial charge in [-0.2, -0.15) is 5.10 Å². The molecule has 0 bridgehead atoms. The van der Waals surface area contributed by atoms with Gasteiger partial charge in [0.05, 0.1) is 12.7 Å². The van der Waals surface area contributed by atoms with E-state index >= 15 is 0 Å². The van der Waals surface area contributed by atoms with Crippen molar-refractivity contribution in [3.63, 3.8) is 0 Å². The Morgan fingerprint density at radius 1 is 1.06 bits per heavy atom. The molecule has 5 rings (SSSR count). The summed E-state index contributed by atoms with van der Waals surface area (Å²) in [6.07, 6.45) is 3.99. The summed E-state index contributed by atoms with van der Waals surface area (Å²) >= 11 is 0. The second kappa shape index (κ2) is 9.12. The zero-order valence-electron chi connectivity index (χ0n) is 17.8. The smallest absolute Gasteiger partial charge is 0.276 e. The van der Waals surface area contributed by atoms with Gasteiger partial charge in [-0.05, 0) is 55.3 Å². The minimum Gasteiger partial charge on any atom is -0.492 e. The maximum atomic E-state index is 12.7. The highest BCUT2D eigenvalue weighted by atomic mass is 16.5. The Hall–Kier alpha value is -4.20. The molecule has 8 heteroatoms. The molecule has 0 saturated heterocycles. The minimum absolute atomic E-state index is 0.141. The van der Waals surface area contributed by atoms with Crippen LogP contribution in [0.1, 0.15) is 35.1 Å². The highest BCUT2D eigenvalue weighted by Gasteiger charge is 2.28. The fraction of sp³-hybridized carbons (Fsp3) is 0.200. The van der Waals surface area contributed by atoms with Crippen LogP contribution in [0.4, 0.5) is 5.69 Å². The van der Waals surface area contributed by atoms with Crippen molar-refractivity contribution >= 4 is 11.6 Å². The Labute approximate surface area is 189 Å². The van der Waals surface area contributed by atoms with E-state index in [0.29, 0.717) is 23.1 Å². The molecular weight excluding hydrogens is 420 g/mol. The molecule has 2 heterocycles. The van der Waals surface area contributed by atoms with E-state index in [9.17, 15) is 9.59 Å². The number of aromatic nitrogens is 3. The maximum Gasteiger partial charge on any atom is 0.276 e. The summed E-state index contributed by atoms with van der Waals surface area (Å²) in [6, 6.07) is 19.3. The van der Waals surface area contributed by atoms with Crippen molar-refractivity contribution < 1.29 is 13.9 Å². The quantitative estimate of drug-likeness (QED) is 0.441. The fourth-order valence-corrected chi connectivity index (χ4v) is 3.35. The normalized spacial score (nSPS) is 13.0. The number of anilines is 1. The van der Waals surface area contributed by atoms with E-state index in [2.05, 4.69) is 15.4 Å². The van der Waals surface area contributed by atoms with E-state index in [4.69, 9.17) is 9.15 Å². The van der Waals surface area contributed by atoms with Crippen LogP contribution in [0.3, 0.4) is 0 Å². The number of para-hydroxylation sites is 1. The van der Waals surface area contributed by atoms with Crippen molar-refractivity contribution in [3.8, 4) is 17.1 Å². The van der Waals surface area contributed by atoms with E-state index in [1.165, 1.54) is 16.8 Å². The van der Waals surface area contributed by atoms with Crippen LogP contribution in [0.25, 0.3) is 11.3 Å². The molecule has 2 aromatic heterocycles. The van der Waals surface area contributed by atoms with Gasteiger partial charge in [0.25, 0.3) is 11.5 Å². The zero-order valence-corrected chi connectivity index (χ0v) is 17.8. The Morgan fingerprint density at radius 3 is 2.61 bits per heavy atom. The summed E-state index contributed by atoms with van der Waals surface area (Å²) < 4.78 is 12.7. The first-order chi connectivity index (χ1) is 16.2. The highest BCUT2D eigenvalue weighted by Crippen LogP contribution is 2.40. The van der Waals surface area contributed by atoms with Crippen molar-refractivity contribution in [1.82, 2.24) is 14.8 Å². The highest BCUT2D eigenvalue weighted by molar-refractivity contribution is 6.02. The van der Waals surface area contributed by atoms with Crippen LogP contribution in [0.5, 0.6) is 5.75 Å². The van der Waals surface area contributed by atoms with Gasteiger partial charge in [0.2, 0.25) is 0 Å². The molecule has 0 atom stereocenters. The number of hydrogen-bond acceptors (Lipinski definition) is 6. The number of benzene rings is 2. The molecule has 4 aromatic rings. The largest absolute Gasteiger partial charge is 0.492 e. The SMILES string of the molecule is O=C(Nc1ccc(-c2cnc(C3CC3)o2)cc1)c1ccc(=O)n(CCOc2ccccc2)n1. The number of rotatable bonds is 8. The second-order valence-corrected chi connectivity index (χ2v) is 7.81. The number of hydrogen-bond donors (Lipinski definition) is 1. The summed E-state index contributed by atoms with van der Waals surface area (Å²) in [7, 11) is 0. The van der Waals surface area contributed by atoms with E-state index in [-0.39, 0.29) is 24.4 Å². The first-order valence-corrected chi connectivity index (χ1v) is 10.8. The van der Waals surface area contributed by atoms with Gasteiger partial charge in [0, 0.05) is 23.2 Å². The third kappa shape index (κ3) is 5.01. The number of oxazole rings is 1. The van der Waals surface area contributed by atoms with Gasteiger partial charge in [-0.1, -0.05) is 18.2 Å². The van der Waals surface area contributed by atoms with Crippen LogP contribution in [0, 0.1) is 0 Å². The Bertz CT molecular complexity index is 1310. The number of amides is 1. The third-order valence-corrected chi connectivity index (χ3v) is 5.29. The van der Waals surface area contributed by atoms with E-state index < -0.39 is 5.91 Å². The van der Waals surface area contributed by atoms with Gasteiger partial charge in [-0.25, -0.2) is 9.67 Å². The molecule has 1 fully saturated rings. The number of nitrogens with one attached hydrogen (secondary N) is 1. The van der Waals surface area contributed by atoms with E-state index in [1.807, 2.05) is 42.5 Å². The zero-order chi connectivity index (χ0) is 22.6. The Kier molecular flexibility index (Phi) is 5.72. The first-order valence-electron chi connectivity index (χ1n) is 10.8. The van der Waals surface area contributed by atoms with Gasteiger partial charge in [-0.15, -0.1) is 0 Å². The first kappa shape index (κ1) is 20.7. The van der Waals surface area contributed by atoms with Gasteiger partial charge in [0.15, 0.2) is 11.7 Å². The molecule has 0 aliphatic heterocycles. The third-order valence-electron chi connectivity index (χ3n) is 5.29. The minimum atomic E-state index is -0.406. The molecular formula is C25H22N4O4. The molecule has 0 unspecified atom stereocenters. The second-order valence-electron chi connectivity index (χ2n) is 7.81. The Morgan fingerprint density at radius 2 is 1.85 bits per heavy atom. The topological polar surface area (TPSA) is 99.2 Å². The molecule has 1 aliphatic carbocycles. The van der Waals surface area contributed by atoms with Crippen LogP contribution < -0.4 is 15.6 Å². The average molecular weight is 442 g/mol. The van der Waals surface area contributed by atoms with Crippen LogP contribution >= 0.6 is 0 Å². The number of nitrogens with zero attached hydrogens (tertiary/aromatic N) is 3. The van der Waals surface area contributed by atoms with Gasteiger partial charge < -0.3 is 14.5 Å². The summed E-state index contributed by atoms with van der Waals surface area (Å²) in [5, 5.41) is 6.98. The predicted molar refractivity (Wildman–Crippen MR) is 122 cm³/mol. The molecule has 1 saturated carbocycles. The van der Waals surface area contributed by atoms with Crippen molar-refractivity contribution in [2.24, 2.45) is 0 Å². The summed E-state index contributed by atoms with van der Waals surface area (Å²) in [5.74, 6) is 2.25.